The van der Waals surface area contributed by atoms with Gasteiger partial charge in [-0.1, -0.05) is 55.3 Å². The molecule has 0 fully saturated rings. The van der Waals surface area contributed by atoms with Crippen LogP contribution in [0.3, 0.4) is 0 Å². The second kappa shape index (κ2) is 15.9. The zero-order valence-corrected chi connectivity index (χ0v) is 26.8. The van der Waals surface area contributed by atoms with Crippen LogP contribution in [0.1, 0.15) is 39.2 Å². The standard InChI is InChI=1S/C31H38ClN3O5S2/c1-5-7-20-33-31(37)23(3)34(21-24-12-8-9-13-27(24)32)30(36)22-35(28-14-10-11-15-29(28)40-6-2)42(38,39)26-18-16-25(41-4)17-19-26/h8-19,23H,5-7,20-22H2,1-4H3,(H,33,37)/t23-/m0/s1. The molecule has 0 aromatic heterocycles. The lowest BCUT2D eigenvalue weighted by atomic mass is 10.1. The fourth-order valence-electron chi connectivity index (χ4n) is 4.26. The van der Waals surface area contributed by atoms with Gasteiger partial charge in [-0.25, -0.2) is 8.42 Å². The Labute approximate surface area is 258 Å². The van der Waals surface area contributed by atoms with Gasteiger partial charge in [0.1, 0.15) is 18.3 Å². The van der Waals surface area contributed by atoms with E-state index in [4.69, 9.17) is 16.3 Å². The number of para-hydroxylation sites is 2. The van der Waals surface area contributed by atoms with E-state index in [2.05, 4.69) is 5.32 Å². The molecule has 0 bridgehead atoms. The van der Waals surface area contributed by atoms with Crippen LogP contribution in [0, 0.1) is 0 Å². The number of anilines is 1. The molecule has 1 N–H and O–H groups in total. The molecule has 0 unspecified atom stereocenters. The third kappa shape index (κ3) is 8.42. The van der Waals surface area contributed by atoms with E-state index in [9.17, 15) is 18.0 Å². The molecule has 0 radical (unpaired) electrons. The summed E-state index contributed by atoms with van der Waals surface area (Å²) >= 11 is 7.92. The summed E-state index contributed by atoms with van der Waals surface area (Å²) in [5.74, 6) is -0.579. The number of amides is 2. The number of halogens is 1. The first-order valence-corrected chi connectivity index (χ1v) is 16.9. The van der Waals surface area contributed by atoms with Crippen molar-refractivity contribution in [2.45, 2.75) is 56.0 Å². The number of thioether (sulfide) groups is 1. The van der Waals surface area contributed by atoms with E-state index < -0.39 is 28.5 Å². The molecule has 1 atom stereocenters. The molecule has 0 saturated carbocycles. The second-order valence-electron chi connectivity index (χ2n) is 9.52. The van der Waals surface area contributed by atoms with Crippen LogP contribution in [0.2, 0.25) is 5.02 Å². The van der Waals surface area contributed by atoms with Crippen molar-refractivity contribution < 1.29 is 22.7 Å². The van der Waals surface area contributed by atoms with E-state index in [1.807, 2.05) is 13.2 Å². The number of ether oxygens (including phenoxy) is 1. The smallest absolute Gasteiger partial charge is 0.264 e. The lowest BCUT2D eigenvalue weighted by molar-refractivity contribution is -0.139. The van der Waals surface area contributed by atoms with E-state index in [1.165, 1.54) is 28.8 Å². The van der Waals surface area contributed by atoms with Gasteiger partial charge in [-0.15, -0.1) is 11.8 Å². The summed E-state index contributed by atoms with van der Waals surface area (Å²) in [6, 6.07) is 19.3. The van der Waals surface area contributed by atoms with Crippen molar-refractivity contribution in [1.82, 2.24) is 10.2 Å². The zero-order chi connectivity index (χ0) is 30.7. The molecule has 226 valence electrons. The highest BCUT2D eigenvalue weighted by molar-refractivity contribution is 7.98. The molecule has 8 nitrogen and oxygen atoms in total. The monoisotopic (exact) mass is 631 g/mol. The zero-order valence-electron chi connectivity index (χ0n) is 24.4. The van der Waals surface area contributed by atoms with Crippen molar-refractivity contribution >= 4 is 50.9 Å². The number of sulfonamides is 1. The quantitative estimate of drug-likeness (QED) is 0.164. The molecule has 0 aliphatic heterocycles. The fourth-order valence-corrected chi connectivity index (χ4v) is 6.29. The molecule has 2 amide bonds. The summed E-state index contributed by atoms with van der Waals surface area (Å²) in [5, 5.41) is 3.32. The SMILES string of the molecule is CCCCNC(=O)[C@H](C)N(Cc1ccccc1Cl)C(=O)CN(c1ccccc1OCC)S(=O)(=O)c1ccc(SC)cc1. The first-order valence-electron chi connectivity index (χ1n) is 13.8. The number of nitrogens with one attached hydrogen (secondary N) is 1. The third-order valence-electron chi connectivity index (χ3n) is 6.66. The van der Waals surface area contributed by atoms with E-state index >= 15 is 0 Å². The topological polar surface area (TPSA) is 96.0 Å². The summed E-state index contributed by atoms with van der Waals surface area (Å²) in [5.41, 5.74) is 0.858. The van der Waals surface area contributed by atoms with Gasteiger partial charge in [-0.05, 0) is 74.6 Å². The Morgan fingerprint density at radius 1 is 1.00 bits per heavy atom. The van der Waals surface area contributed by atoms with Gasteiger partial charge >= 0.3 is 0 Å². The van der Waals surface area contributed by atoms with Gasteiger partial charge in [0.2, 0.25) is 11.8 Å². The van der Waals surface area contributed by atoms with Gasteiger partial charge in [0, 0.05) is 23.0 Å². The van der Waals surface area contributed by atoms with Gasteiger partial charge in [0.15, 0.2) is 0 Å². The van der Waals surface area contributed by atoms with E-state index in [-0.39, 0.29) is 23.0 Å². The number of carbonyl (C=O) groups excluding carboxylic acids is 2. The van der Waals surface area contributed by atoms with Gasteiger partial charge in [-0.2, -0.15) is 0 Å². The van der Waals surface area contributed by atoms with Crippen molar-refractivity contribution in [3.8, 4) is 5.75 Å². The van der Waals surface area contributed by atoms with Crippen molar-refractivity contribution in [3.63, 3.8) is 0 Å². The van der Waals surface area contributed by atoms with Crippen LogP contribution in [0.15, 0.2) is 82.6 Å². The van der Waals surface area contributed by atoms with E-state index in [0.717, 1.165) is 22.0 Å². The van der Waals surface area contributed by atoms with Crippen molar-refractivity contribution in [2.75, 3.05) is 30.3 Å². The Hall–Kier alpha value is -3.21. The van der Waals surface area contributed by atoms with E-state index in [0.29, 0.717) is 29.5 Å². The van der Waals surface area contributed by atoms with Crippen molar-refractivity contribution in [2.24, 2.45) is 0 Å². The first-order chi connectivity index (χ1) is 20.1. The molecule has 3 aromatic rings. The highest BCUT2D eigenvalue weighted by Crippen LogP contribution is 2.33. The Morgan fingerprint density at radius 2 is 1.67 bits per heavy atom. The molecule has 0 aliphatic carbocycles. The Morgan fingerprint density at radius 3 is 2.31 bits per heavy atom. The average Bonchev–Trinajstić information content (AvgIpc) is 2.99. The molecule has 0 saturated heterocycles. The molecule has 42 heavy (non-hydrogen) atoms. The molecular formula is C31H38ClN3O5S2. The van der Waals surface area contributed by atoms with Crippen LogP contribution in [0.4, 0.5) is 5.69 Å². The number of benzene rings is 3. The highest BCUT2D eigenvalue weighted by Gasteiger charge is 2.34. The van der Waals surface area contributed by atoms with Crippen molar-refractivity contribution in [3.05, 3.63) is 83.4 Å². The van der Waals surface area contributed by atoms with Crippen LogP contribution in [0.5, 0.6) is 5.75 Å². The van der Waals surface area contributed by atoms with Crippen LogP contribution in [-0.2, 0) is 26.2 Å². The number of carbonyl (C=O) groups is 2. The first kappa shape index (κ1) is 33.3. The van der Waals surface area contributed by atoms with Gasteiger partial charge in [-0.3, -0.25) is 13.9 Å². The normalized spacial score (nSPS) is 11.9. The largest absolute Gasteiger partial charge is 0.492 e. The summed E-state index contributed by atoms with van der Waals surface area (Å²) < 4.78 is 35.1. The van der Waals surface area contributed by atoms with E-state index in [1.54, 1.807) is 74.5 Å². The summed E-state index contributed by atoms with van der Waals surface area (Å²) in [6.07, 6.45) is 3.60. The Kier molecular flexibility index (Phi) is 12.6. The summed E-state index contributed by atoms with van der Waals surface area (Å²) in [4.78, 5) is 29.5. The molecular weight excluding hydrogens is 594 g/mol. The van der Waals surface area contributed by atoms with Crippen LogP contribution >= 0.6 is 23.4 Å². The number of hydrogen-bond donors (Lipinski definition) is 1. The molecule has 3 rings (SSSR count). The minimum absolute atomic E-state index is 0.0181. The van der Waals surface area contributed by atoms with Gasteiger partial charge in [0.05, 0.1) is 17.2 Å². The molecule has 3 aromatic carbocycles. The van der Waals surface area contributed by atoms with Gasteiger partial charge < -0.3 is 15.0 Å². The van der Waals surface area contributed by atoms with Crippen molar-refractivity contribution in [1.29, 1.82) is 0 Å². The Balaban J connectivity index is 2.07. The van der Waals surface area contributed by atoms with Crippen LogP contribution < -0.4 is 14.4 Å². The minimum Gasteiger partial charge on any atom is -0.492 e. The molecule has 0 spiro atoms. The molecule has 11 heteroatoms. The van der Waals surface area contributed by atoms with Crippen LogP contribution in [-0.4, -0.2) is 57.1 Å². The Bertz CT molecular complexity index is 1450. The highest BCUT2D eigenvalue weighted by atomic mass is 35.5. The maximum Gasteiger partial charge on any atom is 0.264 e. The maximum absolute atomic E-state index is 14.1. The number of nitrogens with zero attached hydrogens (tertiary/aromatic N) is 2. The average molecular weight is 632 g/mol. The lowest BCUT2D eigenvalue weighted by Gasteiger charge is -2.32. The molecule has 0 aliphatic rings. The summed E-state index contributed by atoms with van der Waals surface area (Å²) in [7, 11) is -4.22. The molecule has 0 heterocycles. The second-order valence-corrected chi connectivity index (χ2v) is 12.7. The lowest BCUT2D eigenvalue weighted by Crippen LogP contribution is -2.51. The maximum atomic E-state index is 14.1. The number of hydrogen-bond acceptors (Lipinski definition) is 6. The summed E-state index contributed by atoms with van der Waals surface area (Å²) in [6.45, 7) is 5.68. The minimum atomic E-state index is -4.22. The predicted molar refractivity (Wildman–Crippen MR) is 170 cm³/mol. The predicted octanol–water partition coefficient (Wildman–Crippen LogP) is 5.99. The van der Waals surface area contributed by atoms with Crippen LogP contribution in [0.25, 0.3) is 0 Å². The third-order valence-corrected chi connectivity index (χ3v) is 9.54. The number of rotatable bonds is 15. The van der Waals surface area contributed by atoms with Gasteiger partial charge in [0.25, 0.3) is 10.0 Å². The number of unbranched alkanes of at least 4 members (excludes halogenated alkanes) is 1. The fraction of sp³-hybridized carbons (Fsp3) is 0.355.